The van der Waals surface area contributed by atoms with E-state index >= 15 is 0 Å². The first kappa shape index (κ1) is 44.8. The quantitative estimate of drug-likeness (QED) is 0.140. The van der Waals surface area contributed by atoms with Gasteiger partial charge in [-0.1, -0.05) is 118 Å². The van der Waals surface area contributed by atoms with E-state index in [9.17, 15) is 0 Å². The van der Waals surface area contributed by atoms with Crippen LogP contribution in [-0.4, -0.2) is 18.3 Å². The molecule has 0 saturated heterocycles. The zero-order valence-corrected chi connectivity index (χ0v) is 38.3. The fraction of sp³-hybridized carbons (Fsp3) is 0.308. The zero-order valence-electron chi connectivity index (χ0n) is 38.3. The number of aromatic nitrogens is 8. The molecule has 4 aromatic carbocycles. The van der Waals surface area contributed by atoms with Crippen LogP contribution in [0.3, 0.4) is 0 Å². The molecule has 0 spiro atoms. The molecular formula is C52H68N8+4. The van der Waals surface area contributed by atoms with Gasteiger partial charge in [0.2, 0.25) is 12.7 Å². The van der Waals surface area contributed by atoms with E-state index in [1.807, 2.05) is 14.1 Å². The Kier molecular flexibility index (Phi) is 15.8. The minimum absolute atomic E-state index is 0.947. The molecule has 0 amide bonds. The first-order valence-electron chi connectivity index (χ1n) is 20.9. The molecule has 0 radical (unpaired) electrons. The van der Waals surface area contributed by atoms with Crippen LogP contribution in [0.4, 0.5) is 0 Å². The lowest BCUT2D eigenvalue weighted by molar-refractivity contribution is -0.677. The van der Waals surface area contributed by atoms with Gasteiger partial charge in [-0.2, -0.15) is 0 Å². The zero-order chi connectivity index (χ0) is 43.3. The van der Waals surface area contributed by atoms with E-state index in [2.05, 4.69) is 253 Å². The minimum atomic E-state index is 0.947. The van der Waals surface area contributed by atoms with Gasteiger partial charge in [0, 0.05) is 13.8 Å². The molecule has 8 heteroatoms. The van der Waals surface area contributed by atoms with E-state index < -0.39 is 0 Å². The van der Waals surface area contributed by atoms with Crippen LogP contribution in [0.2, 0.25) is 0 Å². The lowest BCUT2D eigenvalue weighted by Gasteiger charge is -2.03. The van der Waals surface area contributed by atoms with E-state index in [0.29, 0.717) is 0 Å². The number of nitrogens with zero attached hydrogens (tertiary/aromatic N) is 8. The van der Waals surface area contributed by atoms with Gasteiger partial charge in [0.1, 0.15) is 75.8 Å². The normalized spacial score (nSPS) is 10.6. The average Bonchev–Trinajstić information content (AvgIpc) is 3.94. The molecule has 0 aliphatic rings. The van der Waals surface area contributed by atoms with E-state index in [0.717, 1.165) is 26.2 Å². The summed E-state index contributed by atoms with van der Waals surface area (Å²) in [7, 11) is 8.22. The summed E-state index contributed by atoms with van der Waals surface area (Å²) in [6.45, 7) is 20.9. The molecule has 8 rings (SSSR count). The third kappa shape index (κ3) is 13.9. The summed E-state index contributed by atoms with van der Waals surface area (Å²) in [5.74, 6) is 2.55. The summed E-state index contributed by atoms with van der Waals surface area (Å²) >= 11 is 0. The Morgan fingerprint density at radius 2 is 0.717 bits per heavy atom. The van der Waals surface area contributed by atoms with Gasteiger partial charge in [-0.3, -0.25) is 0 Å². The highest BCUT2D eigenvalue weighted by Crippen LogP contribution is 2.12. The van der Waals surface area contributed by atoms with Crippen LogP contribution in [0.5, 0.6) is 0 Å². The molecule has 0 bridgehead atoms. The lowest BCUT2D eigenvalue weighted by Crippen LogP contribution is -2.29. The monoisotopic (exact) mass is 805 g/mol. The highest BCUT2D eigenvalue weighted by atomic mass is 15.1. The van der Waals surface area contributed by atoms with Gasteiger partial charge in [0.15, 0.2) is 0 Å². The number of hydrogen-bond donors (Lipinski definition) is 0. The molecular weight excluding hydrogens is 737 g/mol. The number of imidazole rings is 4. The van der Waals surface area contributed by atoms with Crippen LogP contribution in [-0.2, 0) is 54.4 Å². The summed E-state index contributed by atoms with van der Waals surface area (Å²) in [5, 5.41) is 0. The van der Waals surface area contributed by atoms with E-state index in [1.54, 1.807) is 0 Å². The number of rotatable bonds is 8. The standard InChI is InChI=1S/C14H19N2.2C13H17N2.C12H15N2/c1-11-7-12(2)9-14(8-11)10-16-6-5-15(4)13(16)3;1-11-6-12(2)8-13(7-11)9-15-5-4-14(3)10-15;1-11-5-4-6-13(9-11)10-15-8-7-14(3)12(15)2;1-11-4-3-5-12(8-11)9-14-7-6-13(2)10-14/h5-9H,10H2,1-4H3;4-8,10H,9H2,1-3H3;4-9H,10H2,1-3H3;3-8,10H,9H2,1-2H3/q4*+1. The summed E-state index contributed by atoms with van der Waals surface area (Å²) < 4.78 is 17.3. The van der Waals surface area contributed by atoms with Gasteiger partial charge < -0.3 is 0 Å². The Morgan fingerprint density at radius 3 is 1.07 bits per heavy atom. The predicted octanol–water partition coefficient (Wildman–Crippen LogP) is 7.91. The molecule has 0 aliphatic carbocycles. The van der Waals surface area contributed by atoms with Crippen LogP contribution in [0.1, 0.15) is 67.3 Å². The van der Waals surface area contributed by atoms with Crippen LogP contribution < -0.4 is 18.3 Å². The van der Waals surface area contributed by atoms with E-state index in [1.165, 1.54) is 67.3 Å². The highest BCUT2D eigenvalue weighted by molar-refractivity contribution is 5.30. The van der Waals surface area contributed by atoms with Crippen molar-refractivity contribution in [2.45, 2.75) is 81.6 Å². The number of aryl methyl sites for hydroxylation is 10. The van der Waals surface area contributed by atoms with Crippen molar-refractivity contribution in [3.63, 3.8) is 0 Å². The van der Waals surface area contributed by atoms with Gasteiger partial charge in [-0.25, -0.2) is 36.5 Å². The van der Waals surface area contributed by atoms with Gasteiger partial charge in [-0.05, 0) is 63.8 Å². The topological polar surface area (TPSA) is 35.2 Å². The lowest BCUT2D eigenvalue weighted by atomic mass is 10.1. The highest BCUT2D eigenvalue weighted by Gasteiger charge is 2.11. The van der Waals surface area contributed by atoms with Gasteiger partial charge >= 0.3 is 0 Å². The van der Waals surface area contributed by atoms with Crippen molar-refractivity contribution in [3.8, 4) is 0 Å². The van der Waals surface area contributed by atoms with Crippen molar-refractivity contribution in [2.75, 3.05) is 0 Å². The maximum atomic E-state index is 2.27. The van der Waals surface area contributed by atoms with Crippen molar-refractivity contribution in [2.24, 2.45) is 28.2 Å². The largest absolute Gasteiger partial charge is 0.253 e. The van der Waals surface area contributed by atoms with Crippen molar-refractivity contribution in [3.05, 3.63) is 214 Å². The second kappa shape index (κ2) is 21.1. The van der Waals surface area contributed by atoms with E-state index in [-0.39, 0.29) is 0 Å². The smallest absolute Gasteiger partial charge is 0.240 e. The SMILES string of the molecule is Cc1cc(C)cc(Cn2cc[n+](C)c2)c1.Cc1cc(C)cc(Cn2cc[n+](C)c2C)c1.Cc1cccc(Cn2cc[n+](C)c2)c1.Cc1cccc(Cn2cc[n+](C)c2C)c1. The molecule has 8 nitrogen and oxygen atoms in total. The number of benzene rings is 4. The Labute approximate surface area is 359 Å². The maximum absolute atomic E-state index is 2.27. The summed E-state index contributed by atoms with van der Waals surface area (Å²) in [4.78, 5) is 0. The van der Waals surface area contributed by atoms with Crippen LogP contribution in [0, 0.1) is 55.4 Å². The second-order valence-corrected chi connectivity index (χ2v) is 16.6. The second-order valence-electron chi connectivity index (χ2n) is 16.6. The maximum Gasteiger partial charge on any atom is 0.253 e. The molecule has 60 heavy (non-hydrogen) atoms. The minimum Gasteiger partial charge on any atom is -0.240 e. The Balaban J connectivity index is 0.000000152. The fourth-order valence-corrected chi connectivity index (χ4v) is 7.48. The van der Waals surface area contributed by atoms with Crippen LogP contribution in [0.15, 0.2) is 147 Å². The van der Waals surface area contributed by atoms with Gasteiger partial charge in [0.05, 0.1) is 28.2 Å². The third-order valence-electron chi connectivity index (χ3n) is 10.6. The Hall–Kier alpha value is -6.28. The summed E-state index contributed by atoms with van der Waals surface area (Å²) in [6, 6.07) is 30.7. The van der Waals surface area contributed by atoms with Crippen molar-refractivity contribution >= 4 is 0 Å². The molecule has 4 heterocycles. The number of hydrogen-bond acceptors (Lipinski definition) is 0. The van der Waals surface area contributed by atoms with Crippen LogP contribution >= 0.6 is 0 Å². The van der Waals surface area contributed by atoms with Crippen LogP contribution in [0.25, 0.3) is 0 Å². The van der Waals surface area contributed by atoms with Crippen molar-refractivity contribution in [1.82, 2.24) is 18.3 Å². The van der Waals surface area contributed by atoms with Gasteiger partial charge in [0.25, 0.3) is 11.6 Å². The first-order chi connectivity index (χ1) is 28.6. The molecule has 0 saturated carbocycles. The average molecular weight is 805 g/mol. The molecule has 0 fully saturated rings. The molecule has 8 aromatic rings. The van der Waals surface area contributed by atoms with Crippen molar-refractivity contribution < 1.29 is 18.3 Å². The Morgan fingerprint density at radius 1 is 0.367 bits per heavy atom. The molecule has 0 aliphatic heterocycles. The summed E-state index contributed by atoms with van der Waals surface area (Å²) in [5.41, 5.74) is 13.4. The van der Waals surface area contributed by atoms with E-state index in [4.69, 9.17) is 0 Å². The molecule has 0 N–H and O–H groups in total. The van der Waals surface area contributed by atoms with Crippen molar-refractivity contribution in [1.29, 1.82) is 0 Å². The first-order valence-corrected chi connectivity index (χ1v) is 20.9. The summed E-state index contributed by atoms with van der Waals surface area (Å²) in [6.07, 6.45) is 20.9. The molecule has 0 atom stereocenters. The predicted molar refractivity (Wildman–Crippen MR) is 243 cm³/mol. The van der Waals surface area contributed by atoms with Gasteiger partial charge in [-0.15, -0.1) is 0 Å². The molecule has 312 valence electrons. The fourth-order valence-electron chi connectivity index (χ4n) is 7.48. The Bertz CT molecular complexity index is 2550. The molecule has 0 unspecified atom stereocenters. The third-order valence-corrected chi connectivity index (χ3v) is 10.6. The molecule has 4 aromatic heterocycles.